The zero-order valence-electron chi connectivity index (χ0n) is 35.8. The normalized spacial score (nSPS) is 15.0. The molecule has 1 unspecified atom stereocenters. The van der Waals surface area contributed by atoms with Crippen LogP contribution in [0.2, 0.25) is 0 Å². The Labute approximate surface area is 349 Å². The number of anilines is 5. The summed E-state index contributed by atoms with van der Waals surface area (Å²) in [6, 6.07) is 52.6. The Morgan fingerprint density at radius 2 is 1.03 bits per heavy atom. The number of rotatable bonds is 16. The summed E-state index contributed by atoms with van der Waals surface area (Å²) < 4.78 is 0. The van der Waals surface area contributed by atoms with E-state index in [0.29, 0.717) is 0 Å². The van der Waals surface area contributed by atoms with Gasteiger partial charge in [0.2, 0.25) is 0 Å². The lowest BCUT2D eigenvalue weighted by atomic mass is 9.78. The molecule has 7 rings (SSSR count). The van der Waals surface area contributed by atoms with Crippen LogP contribution >= 0.6 is 0 Å². The van der Waals surface area contributed by atoms with Crippen LogP contribution in [0.1, 0.15) is 104 Å². The van der Waals surface area contributed by atoms with Gasteiger partial charge in [0.05, 0.1) is 11.2 Å². The fourth-order valence-electron chi connectivity index (χ4n) is 8.88. The van der Waals surface area contributed by atoms with E-state index in [1.54, 1.807) is 0 Å². The largest absolute Gasteiger partial charge is 0.327 e. The van der Waals surface area contributed by atoms with Crippen molar-refractivity contribution in [3.63, 3.8) is 0 Å². The summed E-state index contributed by atoms with van der Waals surface area (Å²) in [5.41, 5.74) is 17.6. The maximum atomic E-state index is 2.64. The molecule has 0 saturated heterocycles. The zero-order valence-corrected chi connectivity index (χ0v) is 35.8. The van der Waals surface area contributed by atoms with E-state index in [-0.39, 0.29) is 0 Å². The fourth-order valence-corrected chi connectivity index (χ4v) is 8.88. The van der Waals surface area contributed by atoms with Gasteiger partial charge in [-0.05, 0) is 145 Å². The number of hydrogen-bond donors (Lipinski definition) is 0. The second-order valence-electron chi connectivity index (χ2n) is 16.1. The predicted octanol–water partition coefficient (Wildman–Crippen LogP) is 15.7. The Morgan fingerprint density at radius 3 is 1.55 bits per heavy atom. The SMILES string of the molecule is CCCCc1ccc(N(c2ccc(C3=CCC(c4ccccc4)(N(c4ccc(CCCC)cc4)c4c(C)cccc4CC)C=C3)cc2)c2c(C)cccc2CC)cc1. The molecule has 0 bridgehead atoms. The molecule has 0 aliphatic heterocycles. The van der Waals surface area contributed by atoms with E-state index in [2.05, 4.69) is 209 Å². The lowest BCUT2D eigenvalue weighted by Gasteiger charge is -2.46. The van der Waals surface area contributed by atoms with E-state index in [4.69, 9.17) is 0 Å². The summed E-state index contributed by atoms with van der Waals surface area (Å²) in [5, 5.41) is 0. The van der Waals surface area contributed by atoms with E-state index in [1.807, 2.05) is 0 Å². The highest BCUT2D eigenvalue weighted by molar-refractivity contribution is 5.84. The van der Waals surface area contributed by atoms with Crippen LogP contribution in [0.15, 0.2) is 158 Å². The lowest BCUT2D eigenvalue weighted by molar-refractivity contribution is 0.546. The van der Waals surface area contributed by atoms with Crippen molar-refractivity contribution in [1.29, 1.82) is 0 Å². The lowest BCUT2D eigenvalue weighted by Crippen LogP contribution is -2.43. The highest BCUT2D eigenvalue weighted by Gasteiger charge is 2.40. The molecule has 0 fully saturated rings. The van der Waals surface area contributed by atoms with E-state index in [1.165, 1.54) is 104 Å². The third kappa shape index (κ3) is 8.48. The summed E-state index contributed by atoms with van der Waals surface area (Å²) in [6.07, 6.45) is 17.2. The van der Waals surface area contributed by atoms with Crippen LogP contribution in [0.5, 0.6) is 0 Å². The van der Waals surface area contributed by atoms with Crippen LogP contribution < -0.4 is 9.80 Å². The van der Waals surface area contributed by atoms with Gasteiger partial charge in [0, 0.05) is 22.7 Å². The van der Waals surface area contributed by atoms with Crippen LogP contribution in [0.25, 0.3) is 5.57 Å². The molecule has 6 aromatic rings. The molecule has 6 aromatic carbocycles. The minimum Gasteiger partial charge on any atom is -0.327 e. The van der Waals surface area contributed by atoms with Gasteiger partial charge in [0.1, 0.15) is 0 Å². The van der Waals surface area contributed by atoms with Crippen LogP contribution in [0.3, 0.4) is 0 Å². The third-order valence-corrected chi connectivity index (χ3v) is 12.2. The number of aryl methyl sites for hydroxylation is 6. The Morgan fingerprint density at radius 1 is 0.517 bits per heavy atom. The first kappa shape index (κ1) is 40.6. The first-order valence-corrected chi connectivity index (χ1v) is 21.9. The monoisotopic (exact) mass is 762 g/mol. The standard InChI is InChI=1S/C56H62N2/c1-7-11-20-44-26-32-51(33-27-44)57(54-42(5)18-16-22-46(54)9-3)52-36-30-48(31-37-52)49-38-40-56(41-39-49,50-24-14-13-15-25-50)58(55-43(6)19-17-23-47(55)10-4)53-34-28-45(29-35-53)21-12-8-2/h13-19,22-40H,7-12,20-21,41H2,1-6H3. The Hall–Kier alpha value is -5.60. The van der Waals surface area contributed by atoms with Gasteiger partial charge in [0.25, 0.3) is 0 Å². The highest BCUT2D eigenvalue weighted by atomic mass is 15.2. The molecular formula is C56H62N2. The van der Waals surface area contributed by atoms with Crippen molar-refractivity contribution in [3.05, 3.63) is 202 Å². The molecule has 0 saturated carbocycles. The summed E-state index contributed by atoms with van der Waals surface area (Å²) in [7, 11) is 0. The number of hydrogen-bond acceptors (Lipinski definition) is 2. The molecule has 0 heterocycles. The summed E-state index contributed by atoms with van der Waals surface area (Å²) >= 11 is 0. The molecule has 0 spiro atoms. The van der Waals surface area contributed by atoms with Gasteiger partial charge in [-0.1, -0.05) is 162 Å². The maximum absolute atomic E-state index is 2.64. The van der Waals surface area contributed by atoms with Crippen LogP contribution in [-0.2, 0) is 31.2 Å². The minimum atomic E-state index is -0.423. The van der Waals surface area contributed by atoms with Gasteiger partial charge in [-0.25, -0.2) is 0 Å². The second-order valence-corrected chi connectivity index (χ2v) is 16.1. The Balaban J connectivity index is 1.29. The third-order valence-electron chi connectivity index (χ3n) is 12.2. The number of para-hydroxylation sites is 2. The zero-order chi connectivity index (χ0) is 40.5. The minimum absolute atomic E-state index is 0.423. The average molecular weight is 763 g/mol. The van der Waals surface area contributed by atoms with Crippen molar-refractivity contribution in [2.75, 3.05) is 9.80 Å². The van der Waals surface area contributed by atoms with E-state index in [0.717, 1.165) is 32.1 Å². The van der Waals surface area contributed by atoms with Gasteiger partial charge >= 0.3 is 0 Å². The summed E-state index contributed by atoms with van der Waals surface area (Å²) in [6.45, 7) is 13.6. The molecule has 58 heavy (non-hydrogen) atoms. The molecule has 0 amide bonds. The quantitative estimate of drug-likeness (QED) is 0.0969. The summed E-state index contributed by atoms with van der Waals surface area (Å²) in [4.78, 5) is 5.11. The smallest absolute Gasteiger partial charge is 0.0924 e. The van der Waals surface area contributed by atoms with Crippen molar-refractivity contribution in [2.24, 2.45) is 0 Å². The van der Waals surface area contributed by atoms with E-state index < -0.39 is 5.54 Å². The maximum Gasteiger partial charge on any atom is 0.0924 e. The highest BCUT2D eigenvalue weighted by Crippen LogP contribution is 2.49. The van der Waals surface area contributed by atoms with E-state index >= 15 is 0 Å². The molecule has 0 aromatic heterocycles. The van der Waals surface area contributed by atoms with E-state index in [9.17, 15) is 0 Å². The topological polar surface area (TPSA) is 6.48 Å². The summed E-state index contributed by atoms with van der Waals surface area (Å²) in [5.74, 6) is 0. The number of unbranched alkanes of at least 4 members (excludes halogenated alkanes) is 2. The van der Waals surface area contributed by atoms with Gasteiger partial charge < -0.3 is 9.80 Å². The van der Waals surface area contributed by atoms with Crippen molar-refractivity contribution < 1.29 is 0 Å². The molecule has 2 heteroatoms. The molecule has 0 radical (unpaired) electrons. The van der Waals surface area contributed by atoms with Gasteiger partial charge in [0.15, 0.2) is 0 Å². The Kier molecular flexibility index (Phi) is 13.1. The average Bonchev–Trinajstić information content (AvgIpc) is 3.27. The second kappa shape index (κ2) is 18.8. The van der Waals surface area contributed by atoms with Crippen molar-refractivity contribution >= 4 is 34.0 Å². The van der Waals surface area contributed by atoms with Crippen molar-refractivity contribution in [2.45, 2.75) is 105 Å². The molecule has 296 valence electrons. The van der Waals surface area contributed by atoms with Crippen molar-refractivity contribution in [3.8, 4) is 0 Å². The van der Waals surface area contributed by atoms with Gasteiger partial charge in [-0.2, -0.15) is 0 Å². The van der Waals surface area contributed by atoms with Gasteiger partial charge in [-0.3, -0.25) is 0 Å². The predicted molar refractivity (Wildman–Crippen MR) is 251 cm³/mol. The van der Waals surface area contributed by atoms with Crippen LogP contribution in [-0.4, -0.2) is 0 Å². The number of allylic oxidation sites excluding steroid dienone is 2. The molecular weight excluding hydrogens is 701 g/mol. The molecule has 2 nitrogen and oxygen atoms in total. The molecule has 1 atom stereocenters. The van der Waals surface area contributed by atoms with Gasteiger partial charge in [-0.15, -0.1) is 0 Å². The van der Waals surface area contributed by atoms with Crippen LogP contribution in [0.4, 0.5) is 28.4 Å². The molecule has 0 N–H and O–H groups in total. The first-order valence-electron chi connectivity index (χ1n) is 21.9. The molecule has 1 aliphatic rings. The fraction of sp³-hybridized carbons (Fsp3) is 0.286. The Bertz CT molecular complexity index is 2310. The first-order chi connectivity index (χ1) is 28.4. The van der Waals surface area contributed by atoms with Crippen molar-refractivity contribution in [1.82, 2.24) is 0 Å². The number of nitrogens with zero attached hydrogens (tertiary/aromatic N) is 2. The molecule has 1 aliphatic carbocycles. The number of benzene rings is 6. The van der Waals surface area contributed by atoms with Crippen LogP contribution in [0, 0.1) is 13.8 Å².